The number of aromatic nitrogens is 2. The molecule has 0 fully saturated rings. The van der Waals surface area contributed by atoms with E-state index in [2.05, 4.69) is 86.4 Å². The van der Waals surface area contributed by atoms with Gasteiger partial charge in [-0.2, -0.15) is 0 Å². The standard InChI is InChI=1S/C34H40N4O4S/c1-33(2,3)25-13-11-22(12-14-25)24-18-35-30(36-19-24)23-9-7-21(8-10-23)17-26(31(41)37-20-29(39)40)38-32(42)27-15-16-28(43-27)34(4,5)6/h7-16,18-19,26,29,39-40H,17,20H2,1-6H3,(H,37,41)(H,38,42)/t26-/m1/s1. The Morgan fingerprint density at radius 2 is 1.40 bits per heavy atom. The Morgan fingerprint density at radius 3 is 1.93 bits per heavy atom. The van der Waals surface area contributed by atoms with E-state index in [9.17, 15) is 19.8 Å². The number of carbonyl (C=O) groups is 2. The van der Waals surface area contributed by atoms with Gasteiger partial charge in [0.1, 0.15) is 6.04 Å². The lowest BCUT2D eigenvalue weighted by Gasteiger charge is -2.19. The summed E-state index contributed by atoms with van der Waals surface area (Å²) < 4.78 is 0. The Kier molecular flexibility index (Phi) is 9.79. The molecule has 0 saturated heterocycles. The number of carbonyl (C=O) groups excluding carboxylic acids is 2. The van der Waals surface area contributed by atoms with Crippen molar-refractivity contribution in [1.82, 2.24) is 20.6 Å². The zero-order valence-electron chi connectivity index (χ0n) is 25.5. The minimum atomic E-state index is -1.69. The van der Waals surface area contributed by atoms with E-state index in [0.717, 1.165) is 27.1 Å². The molecule has 0 bridgehead atoms. The highest BCUT2D eigenvalue weighted by molar-refractivity contribution is 7.14. The summed E-state index contributed by atoms with van der Waals surface area (Å²) in [6.45, 7) is 12.4. The van der Waals surface area contributed by atoms with Crippen LogP contribution in [0.25, 0.3) is 22.5 Å². The normalized spacial score (nSPS) is 12.7. The van der Waals surface area contributed by atoms with E-state index in [-0.39, 0.29) is 29.7 Å². The second kappa shape index (κ2) is 13.2. The molecule has 0 radical (unpaired) electrons. The molecular weight excluding hydrogens is 560 g/mol. The Labute approximate surface area is 257 Å². The van der Waals surface area contributed by atoms with E-state index >= 15 is 0 Å². The van der Waals surface area contributed by atoms with Crippen LogP contribution in [0.2, 0.25) is 0 Å². The zero-order chi connectivity index (χ0) is 31.4. The quantitative estimate of drug-likeness (QED) is 0.195. The molecule has 0 aliphatic carbocycles. The predicted octanol–water partition coefficient (Wildman–Crippen LogP) is 5.24. The van der Waals surface area contributed by atoms with Gasteiger partial charge in [0.15, 0.2) is 12.1 Å². The van der Waals surface area contributed by atoms with E-state index in [1.165, 1.54) is 16.9 Å². The molecular formula is C34H40N4O4S. The molecule has 4 rings (SSSR count). The van der Waals surface area contributed by atoms with E-state index in [4.69, 9.17) is 0 Å². The van der Waals surface area contributed by atoms with E-state index in [1.54, 1.807) is 6.07 Å². The van der Waals surface area contributed by atoms with Crippen LogP contribution in [0.4, 0.5) is 0 Å². The second-order valence-electron chi connectivity index (χ2n) is 12.7. The largest absolute Gasteiger partial charge is 0.367 e. The van der Waals surface area contributed by atoms with Crippen molar-refractivity contribution >= 4 is 23.2 Å². The third-order valence-corrected chi connectivity index (χ3v) is 8.55. The predicted molar refractivity (Wildman–Crippen MR) is 171 cm³/mol. The van der Waals surface area contributed by atoms with Crippen LogP contribution in [0, 0.1) is 0 Å². The monoisotopic (exact) mass is 600 g/mol. The fourth-order valence-corrected chi connectivity index (χ4v) is 5.40. The summed E-state index contributed by atoms with van der Waals surface area (Å²) in [4.78, 5) is 36.7. The van der Waals surface area contributed by atoms with Crippen molar-refractivity contribution in [3.8, 4) is 22.5 Å². The summed E-state index contributed by atoms with van der Waals surface area (Å²) in [5.74, 6) is -0.288. The van der Waals surface area contributed by atoms with Gasteiger partial charge in [0.25, 0.3) is 5.91 Å². The van der Waals surface area contributed by atoms with Gasteiger partial charge in [-0.3, -0.25) is 9.59 Å². The van der Waals surface area contributed by atoms with Gasteiger partial charge in [-0.15, -0.1) is 11.3 Å². The molecule has 2 aromatic heterocycles. The van der Waals surface area contributed by atoms with E-state index in [1.807, 2.05) is 42.7 Å². The van der Waals surface area contributed by atoms with Gasteiger partial charge in [0, 0.05) is 34.8 Å². The fraction of sp³-hybridized carbons (Fsp3) is 0.353. The van der Waals surface area contributed by atoms with Crippen molar-refractivity contribution < 1.29 is 19.8 Å². The van der Waals surface area contributed by atoms with Crippen molar-refractivity contribution in [1.29, 1.82) is 0 Å². The van der Waals surface area contributed by atoms with Gasteiger partial charge in [-0.1, -0.05) is 90.1 Å². The first kappa shape index (κ1) is 32.0. The molecule has 8 nitrogen and oxygen atoms in total. The van der Waals surface area contributed by atoms with Crippen molar-refractivity contribution in [2.45, 2.75) is 71.1 Å². The lowest BCUT2D eigenvalue weighted by atomic mass is 9.86. The van der Waals surface area contributed by atoms with Crippen LogP contribution in [-0.4, -0.2) is 50.9 Å². The highest BCUT2D eigenvalue weighted by Gasteiger charge is 2.25. The first-order valence-electron chi connectivity index (χ1n) is 14.3. The maximum Gasteiger partial charge on any atom is 0.262 e. The molecule has 2 amide bonds. The van der Waals surface area contributed by atoms with Gasteiger partial charge in [0.2, 0.25) is 5.91 Å². The minimum Gasteiger partial charge on any atom is -0.367 e. The highest BCUT2D eigenvalue weighted by atomic mass is 32.1. The van der Waals surface area contributed by atoms with Crippen LogP contribution in [-0.2, 0) is 22.0 Å². The Balaban J connectivity index is 1.46. The Hall–Kier alpha value is -3.92. The maximum atomic E-state index is 13.1. The molecule has 0 spiro atoms. The van der Waals surface area contributed by atoms with Crippen molar-refractivity contribution in [2.24, 2.45) is 0 Å². The van der Waals surface area contributed by atoms with Gasteiger partial charge in [0.05, 0.1) is 11.4 Å². The number of aliphatic hydroxyl groups excluding tert-OH is 1. The summed E-state index contributed by atoms with van der Waals surface area (Å²) in [6.07, 6.45) is 2.13. The van der Waals surface area contributed by atoms with Crippen molar-refractivity contribution in [3.63, 3.8) is 0 Å². The molecule has 0 saturated carbocycles. The lowest BCUT2D eigenvalue weighted by Crippen LogP contribution is -2.49. The smallest absolute Gasteiger partial charge is 0.262 e. The lowest BCUT2D eigenvalue weighted by molar-refractivity contribution is -0.125. The summed E-state index contributed by atoms with van der Waals surface area (Å²) in [6, 6.07) is 18.7. The average Bonchev–Trinajstić information content (AvgIpc) is 3.47. The third kappa shape index (κ3) is 8.56. The number of thiophene rings is 1. The zero-order valence-corrected chi connectivity index (χ0v) is 26.3. The number of rotatable bonds is 9. The van der Waals surface area contributed by atoms with Crippen LogP contribution < -0.4 is 10.6 Å². The Bertz CT molecular complexity index is 1530. The molecule has 226 valence electrons. The van der Waals surface area contributed by atoms with E-state index in [0.29, 0.717) is 10.7 Å². The number of aliphatic hydroxyl groups is 2. The third-order valence-electron chi connectivity index (χ3n) is 7.04. The number of amides is 2. The number of nitrogens with zero attached hydrogens (tertiary/aromatic N) is 2. The number of nitrogens with one attached hydrogen (secondary N) is 2. The fourth-order valence-electron chi connectivity index (χ4n) is 4.43. The van der Waals surface area contributed by atoms with Crippen LogP contribution in [0.3, 0.4) is 0 Å². The van der Waals surface area contributed by atoms with Gasteiger partial charge >= 0.3 is 0 Å². The molecule has 0 aliphatic rings. The molecule has 0 unspecified atom stereocenters. The summed E-state index contributed by atoms with van der Waals surface area (Å²) >= 11 is 1.39. The Morgan fingerprint density at radius 1 is 0.791 bits per heavy atom. The SMILES string of the molecule is CC(C)(C)c1ccc(-c2cnc(-c3ccc(C[C@@H](NC(=O)c4ccc(C(C)(C)C)s4)C(=O)NCC(O)O)cc3)nc2)cc1. The van der Waals surface area contributed by atoms with Crippen molar-refractivity contribution in [3.05, 3.63) is 93.9 Å². The van der Waals surface area contributed by atoms with Crippen LogP contribution in [0.15, 0.2) is 73.1 Å². The number of benzene rings is 2. The van der Waals surface area contributed by atoms with Crippen molar-refractivity contribution in [2.75, 3.05) is 6.54 Å². The first-order chi connectivity index (χ1) is 20.2. The first-order valence-corrected chi connectivity index (χ1v) is 15.1. The molecule has 43 heavy (non-hydrogen) atoms. The summed E-state index contributed by atoms with van der Waals surface area (Å²) in [5, 5.41) is 23.7. The van der Waals surface area contributed by atoms with Crippen LogP contribution in [0.5, 0.6) is 0 Å². The molecule has 2 heterocycles. The highest BCUT2D eigenvalue weighted by Crippen LogP contribution is 2.30. The molecule has 1 atom stereocenters. The van der Waals surface area contributed by atoms with E-state index < -0.39 is 18.2 Å². The molecule has 4 N–H and O–H groups in total. The van der Waals surface area contributed by atoms with Gasteiger partial charge < -0.3 is 20.8 Å². The number of hydrogen-bond donors (Lipinski definition) is 4. The summed E-state index contributed by atoms with van der Waals surface area (Å²) in [5.41, 5.74) is 4.86. The van der Waals surface area contributed by atoms with Crippen LogP contribution in [0.1, 0.15) is 67.2 Å². The number of hydrogen-bond acceptors (Lipinski definition) is 7. The maximum absolute atomic E-state index is 13.1. The average molecular weight is 601 g/mol. The van der Waals surface area contributed by atoms with Gasteiger partial charge in [-0.05, 0) is 39.7 Å². The second-order valence-corrected chi connectivity index (χ2v) is 13.8. The van der Waals surface area contributed by atoms with Gasteiger partial charge in [-0.25, -0.2) is 9.97 Å². The summed E-state index contributed by atoms with van der Waals surface area (Å²) in [7, 11) is 0. The minimum absolute atomic E-state index is 0.0859. The molecule has 9 heteroatoms. The molecule has 2 aromatic carbocycles. The topological polar surface area (TPSA) is 124 Å². The molecule has 0 aliphatic heterocycles. The molecule has 4 aromatic rings. The van der Waals surface area contributed by atoms with Crippen LogP contribution >= 0.6 is 11.3 Å².